The van der Waals surface area contributed by atoms with Crippen molar-refractivity contribution in [2.75, 3.05) is 6.67 Å². The van der Waals surface area contributed by atoms with Crippen LogP contribution in [0.15, 0.2) is 36.4 Å². The van der Waals surface area contributed by atoms with Crippen LogP contribution in [0.4, 0.5) is 4.39 Å². The van der Waals surface area contributed by atoms with Crippen LogP contribution in [-0.2, 0) is 0 Å². The van der Waals surface area contributed by atoms with Crippen LogP contribution in [0.2, 0.25) is 0 Å². The Bertz CT molecular complexity index is 528. The van der Waals surface area contributed by atoms with Gasteiger partial charge in [-0.15, -0.1) is 0 Å². The van der Waals surface area contributed by atoms with Crippen molar-refractivity contribution in [2.24, 2.45) is 11.8 Å². The van der Waals surface area contributed by atoms with Gasteiger partial charge in [0.1, 0.15) is 0 Å². The molecule has 0 amide bonds. The SMILES string of the molecule is CCC[C@H]1CC[C@H](c2ccc(C3CCC(/C=C/CCF)CC3)cc2)CC1. The predicted octanol–water partition coefficient (Wildman–Crippen LogP) is 7.95. The zero-order valence-corrected chi connectivity index (χ0v) is 16.6. The zero-order valence-electron chi connectivity index (χ0n) is 16.6. The molecule has 1 aromatic carbocycles. The summed E-state index contributed by atoms with van der Waals surface area (Å²) < 4.78 is 12.2. The van der Waals surface area contributed by atoms with Gasteiger partial charge in [-0.25, -0.2) is 0 Å². The smallest absolute Gasteiger partial charge is 0.0928 e. The zero-order chi connectivity index (χ0) is 18.2. The van der Waals surface area contributed by atoms with E-state index < -0.39 is 0 Å². The predicted molar refractivity (Wildman–Crippen MR) is 110 cm³/mol. The van der Waals surface area contributed by atoms with Crippen LogP contribution in [0.25, 0.3) is 0 Å². The fraction of sp³-hybridized carbons (Fsp3) is 0.680. The molecule has 3 rings (SSSR count). The highest BCUT2D eigenvalue weighted by Gasteiger charge is 2.23. The second kappa shape index (κ2) is 10.3. The second-order valence-corrected chi connectivity index (χ2v) is 8.69. The van der Waals surface area contributed by atoms with E-state index in [0.29, 0.717) is 12.3 Å². The molecular weight excluding hydrogens is 319 g/mol. The Morgan fingerprint density at radius 2 is 1.38 bits per heavy atom. The maximum absolute atomic E-state index is 12.2. The van der Waals surface area contributed by atoms with Gasteiger partial charge in [0.2, 0.25) is 0 Å². The van der Waals surface area contributed by atoms with E-state index >= 15 is 0 Å². The third-order valence-corrected chi connectivity index (χ3v) is 6.88. The second-order valence-electron chi connectivity index (χ2n) is 8.69. The first-order valence-corrected chi connectivity index (χ1v) is 11.1. The number of allylic oxidation sites excluding steroid dienone is 2. The molecular formula is C25H37F. The lowest BCUT2D eigenvalue weighted by atomic mass is 9.76. The molecule has 1 heteroatoms. The first-order valence-electron chi connectivity index (χ1n) is 11.1. The average Bonchev–Trinajstić information content (AvgIpc) is 2.70. The highest BCUT2D eigenvalue weighted by atomic mass is 19.1. The molecule has 2 aliphatic rings. The number of hydrogen-bond acceptors (Lipinski definition) is 0. The van der Waals surface area contributed by atoms with Crippen molar-refractivity contribution < 1.29 is 4.39 Å². The third-order valence-electron chi connectivity index (χ3n) is 6.88. The van der Waals surface area contributed by atoms with Gasteiger partial charge in [-0.1, -0.05) is 56.2 Å². The van der Waals surface area contributed by atoms with Crippen molar-refractivity contribution in [1.82, 2.24) is 0 Å². The molecule has 0 heterocycles. The summed E-state index contributed by atoms with van der Waals surface area (Å²) >= 11 is 0. The van der Waals surface area contributed by atoms with Crippen molar-refractivity contribution in [3.05, 3.63) is 47.5 Å². The molecule has 0 spiro atoms. The number of benzene rings is 1. The van der Waals surface area contributed by atoms with Crippen molar-refractivity contribution in [2.45, 2.75) is 89.4 Å². The Morgan fingerprint density at radius 1 is 0.846 bits per heavy atom. The Labute approximate surface area is 160 Å². The average molecular weight is 357 g/mol. The molecule has 1 aromatic rings. The molecule has 0 saturated heterocycles. The van der Waals surface area contributed by atoms with E-state index in [1.807, 2.05) is 6.08 Å². The van der Waals surface area contributed by atoms with Crippen molar-refractivity contribution in [3.8, 4) is 0 Å². The highest BCUT2D eigenvalue weighted by Crippen LogP contribution is 2.39. The number of hydrogen-bond donors (Lipinski definition) is 0. The number of halogens is 1. The fourth-order valence-electron chi connectivity index (χ4n) is 5.23. The van der Waals surface area contributed by atoms with Crippen molar-refractivity contribution in [3.63, 3.8) is 0 Å². The molecule has 0 radical (unpaired) electrons. The van der Waals surface area contributed by atoms with Gasteiger partial charge in [-0.3, -0.25) is 4.39 Å². The van der Waals surface area contributed by atoms with E-state index in [1.54, 1.807) is 11.1 Å². The minimum absolute atomic E-state index is 0.224. The summed E-state index contributed by atoms with van der Waals surface area (Å²) in [4.78, 5) is 0. The molecule has 2 saturated carbocycles. The van der Waals surface area contributed by atoms with Gasteiger partial charge in [-0.05, 0) is 92.6 Å². The lowest BCUT2D eigenvalue weighted by Gasteiger charge is -2.30. The molecule has 0 bridgehead atoms. The van der Waals surface area contributed by atoms with E-state index in [0.717, 1.165) is 17.8 Å². The molecule has 0 aliphatic heterocycles. The number of rotatable bonds is 7. The van der Waals surface area contributed by atoms with Crippen LogP contribution in [0.3, 0.4) is 0 Å². The molecule has 2 aliphatic carbocycles. The maximum atomic E-state index is 12.2. The standard InChI is InChI=1S/C25H37F/c1-2-5-20-7-11-22(12-8-20)24-15-17-25(18-16-24)23-13-9-21(10-14-23)6-3-4-19-26/h3,6,15-18,20-23H,2,4-5,7-14,19H2,1H3/b6-3+/t20-,21?,22-,23?. The first-order chi connectivity index (χ1) is 12.8. The molecule has 26 heavy (non-hydrogen) atoms. The highest BCUT2D eigenvalue weighted by molar-refractivity contribution is 5.28. The topological polar surface area (TPSA) is 0 Å². The first kappa shape index (κ1) is 19.6. The molecule has 0 aromatic heterocycles. The van der Waals surface area contributed by atoms with Gasteiger partial charge in [0.15, 0.2) is 0 Å². The molecule has 0 unspecified atom stereocenters. The van der Waals surface area contributed by atoms with Gasteiger partial charge >= 0.3 is 0 Å². The summed E-state index contributed by atoms with van der Waals surface area (Å²) in [6.45, 7) is 2.09. The van der Waals surface area contributed by atoms with Crippen LogP contribution in [0, 0.1) is 11.8 Å². The number of alkyl halides is 1. The van der Waals surface area contributed by atoms with Crippen LogP contribution >= 0.6 is 0 Å². The van der Waals surface area contributed by atoms with E-state index in [2.05, 4.69) is 37.3 Å². The maximum Gasteiger partial charge on any atom is 0.0928 e. The molecule has 144 valence electrons. The minimum atomic E-state index is -0.224. The Balaban J connectivity index is 1.48. The van der Waals surface area contributed by atoms with Gasteiger partial charge in [-0.2, -0.15) is 0 Å². The monoisotopic (exact) mass is 356 g/mol. The molecule has 0 nitrogen and oxygen atoms in total. The summed E-state index contributed by atoms with van der Waals surface area (Å²) in [5, 5.41) is 0. The molecule has 0 atom stereocenters. The normalized spacial score (nSPS) is 29.9. The summed E-state index contributed by atoms with van der Waals surface area (Å²) in [5.74, 6) is 3.20. The van der Waals surface area contributed by atoms with Crippen molar-refractivity contribution >= 4 is 0 Å². The quantitative estimate of drug-likeness (QED) is 0.435. The van der Waals surface area contributed by atoms with Gasteiger partial charge < -0.3 is 0 Å². The fourth-order valence-corrected chi connectivity index (χ4v) is 5.23. The lowest BCUT2D eigenvalue weighted by molar-refractivity contribution is 0.308. The summed E-state index contributed by atoms with van der Waals surface area (Å²) in [5.41, 5.74) is 3.12. The van der Waals surface area contributed by atoms with E-state index in [4.69, 9.17) is 0 Å². The van der Waals surface area contributed by atoms with Gasteiger partial charge in [0.05, 0.1) is 6.67 Å². The van der Waals surface area contributed by atoms with Crippen LogP contribution in [0.1, 0.15) is 101 Å². The molecule has 0 N–H and O–H groups in total. The van der Waals surface area contributed by atoms with Crippen LogP contribution in [0.5, 0.6) is 0 Å². The van der Waals surface area contributed by atoms with E-state index in [9.17, 15) is 4.39 Å². The minimum Gasteiger partial charge on any atom is -0.251 e. The van der Waals surface area contributed by atoms with E-state index in [-0.39, 0.29) is 6.67 Å². The summed E-state index contributed by atoms with van der Waals surface area (Å²) in [6, 6.07) is 9.68. The molecule has 2 fully saturated rings. The summed E-state index contributed by atoms with van der Waals surface area (Å²) in [7, 11) is 0. The largest absolute Gasteiger partial charge is 0.251 e. The van der Waals surface area contributed by atoms with Crippen LogP contribution in [-0.4, -0.2) is 6.67 Å². The van der Waals surface area contributed by atoms with E-state index in [1.165, 1.54) is 64.2 Å². The van der Waals surface area contributed by atoms with Gasteiger partial charge in [0.25, 0.3) is 0 Å². The van der Waals surface area contributed by atoms with Crippen LogP contribution < -0.4 is 0 Å². The Hall–Kier alpha value is -1.11. The third kappa shape index (κ3) is 5.44. The van der Waals surface area contributed by atoms with Gasteiger partial charge in [0, 0.05) is 0 Å². The van der Waals surface area contributed by atoms with Crippen molar-refractivity contribution in [1.29, 1.82) is 0 Å². The summed E-state index contributed by atoms with van der Waals surface area (Å²) in [6.07, 6.45) is 18.4. The Morgan fingerprint density at radius 3 is 1.88 bits per heavy atom. The lowest BCUT2D eigenvalue weighted by Crippen LogP contribution is -2.14. The Kier molecular flexibility index (Phi) is 7.77.